The number of hydrogen-bond acceptors (Lipinski definition) is 4. The van der Waals surface area contributed by atoms with Crippen LogP contribution in [0.4, 0.5) is 5.82 Å². The molecule has 25 heavy (non-hydrogen) atoms. The summed E-state index contributed by atoms with van der Waals surface area (Å²) in [6.07, 6.45) is 1.64. The van der Waals surface area contributed by atoms with Gasteiger partial charge in [0, 0.05) is 17.5 Å². The Morgan fingerprint density at radius 1 is 1.00 bits per heavy atom. The van der Waals surface area contributed by atoms with Crippen LogP contribution in [-0.4, -0.2) is 25.5 Å². The van der Waals surface area contributed by atoms with Crippen molar-refractivity contribution in [3.05, 3.63) is 52.6 Å². The number of anilines is 1. The van der Waals surface area contributed by atoms with Gasteiger partial charge in [0.25, 0.3) is 11.5 Å². The van der Waals surface area contributed by atoms with Crippen LogP contribution in [0.5, 0.6) is 0 Å². The molecule has 0 aliphatic heterocycles. The quantitative estimate of drug-likeness (QED) is 0.792. The summed E-state index contributed by atoms with van der Waals surface area (Å²) in [5.41, 5.74) is 0.0229. The number of nitrogens with zero attached hydrogens (tertiary/aromatic N) is 4. The van der Waals surface area contributed by atoms with Crippen molar-refractivity contribution in [1.82, 2.24) is 19.6 Å². The molecule has 0 saturated carbocycles. The number of benzene rings is 1. The van der Waals surface area contributed by atoms with Crippen molar-refractivity contribution in [3.8, 4) is 0 Å². The molecule has 3 aromatic rings. The summed E-state index contributed by atoms with van der Waals surface area (Å²) in [5, 5.41) is 12.4. The molecule has 3 rings (SSSR count). The maximum Gasteiger partial charge on any atom is 0.277 e. The van der Waals surface area contributed by atoms with Gasteiger partial charge in [-0.15, -0.1) is 0 Å². The Hall–Kier alpha value is -2.96. The fourth-order valence-electron chi connectivity index (χ4n) is 2.72. The molecular weight excluding hydrogens is 318 g/mol. The van der Waals surface area contributed by atoms with Gasteiger partial charge in [0.1, 0.15) is 5.82 Å². The highest BCUT2D eigenvalue weighted by Gasteiger charge is 2.19. The molecule has 0 unspecified atom stereocenters. The van der Waals surface area contributed by atoms with Gasteiger partial charge in [0.2, 0.25) is 0 Å². The molecule has 0 saturated heterocycles. The number of carbonyl (C=O) groups excluding carboxylic acids is 1. The molecule has 0 spiro atoms. The fourth-order valence-corrected chi connectivity index (χ4v) is 2.72. The van der Waals surface area contributed by atoms with Crippen molar-refractivity contribution >= 4 is 22.5 Å². The topological polar surface area (TPSA) is 81.8 Å². The van der Waals surface area contributed by atoms with E-state index < -0.39 is 0 Å². The molecule has 1 aromatic carbocycles. The second-order valence-corrected chi connectivity index (χ2v) is 6.45. The zero-order valence-electron chi connectivity index (χ0n) is 14.7. The smallest absolute Gasteiger partial charge is 0.277 e. The summed E-state index contributed by atoms with van der Waals surface area (Å²) >= 11 is 0. The van der Waals surface area contributed by atoms with Gasteiger partial charge in [-0.05, 0) is 33.8 Å². The number of nitrogens with one attached hydrogen (secondary N) is 1. The summed E-state index contributed by atoms with van der Waals surface area (Å²) in [4.78, 5) is 25.4. The second-order valence-electron chi connectivity index (χ2n) is 6.45. The Bertz CT molecular complexity index is 985. The maximum atomic E-state index is 12.9. The Kier molecular flexibility index (Phi) is 4.39. The lowest BCUT2D eigenvalue weighted by atomic mass is 10.1. The van der Waals surface area contributed by atoms with E-state index in [1.54, 1.807) is 41.2 Å². The summed E-state index contributed by atoms with van der Waals surface area (Å²) in [5.74, 6) is 0.223. The predicted molar refractivity (Wildman–Crippen MR) is 97.0 cm³/mol. The summed E-state index contributed by atoms with van der Waals surface area (Å²) in [6.45, 7) is 7.68. The van der Waals surface area contributed by atoms with E-state index in [-0.39, 0.29) is 29.2 Å². The molecular formula is C18H21N5O2. The van der Waals surface area contributed by atoms with E-state index in [1.165, 1.54) is 4.68 Å². The van der Waals surface area contributed by atoms with Gasteiger partial charge < -0.3 is 5.32 Å². The van der Waals surface area contributed by atoms with Gasteiger partial charge in [-0.2, -0.15) is 10.2 Å². The number of carbonyl (C=O) groups is 1. The first kappa shape index (κ1) is 16.9. The largest absolute Gasteiger partial charge is 0.305 e. The van der Waals surface area contributed by atoms with Gasteiger partial charge >= 0.3 is 0 Å². The molecule has 0 fully saturated rings. The van der Waals surface area contributed by atoms with Gasteiger partial charge in [-0.1, -0.05) is 18.2 Å². The van der Waals surface area contributed by atoms with Crippen LogP contribution in [0.25, 0.3) is 10.8 Å². The maximum absolute atomic E-state index is 12.9. The monoisotopic (exact) mass is 339 g/mol. The molecule has 0 aliphatic carbocycles. The molecule has 0 atom stereocenters. The van der Waals surface area contributed by atoms with E-state index in [4.69, 9.17) is 0 Å². The standard InChI is InChI=1S/C18H21N5O2/c1-11(2)22-15(9-10-19-22)20-17(24)16-13-7-5-6-8-14(13)18(25)23(21-16)12(3)4/h5-12H,1-4H3,(H,20,24). The first-order valence-corrected chi connectivity index (χ1v) is 8.26. The number of hydrogen-bond donors (Lipinski definition) is 1. The SMILES string of the molecule is CC(C)n1nccc1NC(=O)c1nn(C(C)C)c(=O)c2ccccc12. The molecule has 1 amide bonds. The molecule has 0 bridgehead atoms. The third kappa shape index (κ3) is 3.05. The third-order valence-electron chi connectivity index (χ3n) is 3.93. The van der Waals surface area contributed by atoms with E-state index in [0.29, 0.717) is 16.6 Å². The first-order valence-electron chi connectivity index (χ1n) is 8.26. The Labute approximate surface area is 145 Å². The van der Waals surface area contributed by atoms with Crippen LogP contribution < -0.4 is 10.9 Å². The normalized spacial score (nSPS) is 11.4. The summed E-state index contributed by atoms with van der Waals surface area (Å²) in [7, 11) is 0. The summed E-state index contributed by atoms with van der Waals surface area (Å²) in [6, 6.07) is 8.72. The van der Waals surface area contributed by atoms with Crippen LogP contribution in [0.15, 0.2) is 41.3 Å². The number of amides is 1. The molecule has 2 heterocycles. The van der Waals surface area contributed by atoms with Crippen molar-refractivity contribution in [3.63, 3.8) is 0 Å². The lowest BCUT2D eigenvalue weighted by molar-refractivity contribution is 0.102. The lowest BCUT2D eigenvalue weighted by Crippen LogP contribution is -2.29. The van der Waals surface area contributed by atoms with Crippen LogP contribution in [0.1, 0.15) is 50.3 Å². The highest BCUT2D eigenvalue weighted by Crippen LogP contribution is 2.18. The zero-order chi connectivity index (χ0) is 18.1. The van der Waals surface area contributed by atoms with Crippen LogP contribution in [0, 0.1) is 0 Å². The van der Waals surface area contributed by atoms with E-state index in [0.717, 1.165) is 0 Å². The van der Waals surface area contributed by atoms with Gasteiger partial charge in [0.05, 0.1) is 17.6 Å². The number of aromatic nitrogens is 4. The molecule has 130 valence electrons. The molecule has 0 aliphatic rings. The average Bonchev–Trinajstić information content (AvgIpc) is 3.03. The van der Waals surface area contributed by atoms with Crippen LogP contribution in [0.3, 0.4) is 0 Å². The molecule has 0 radical (unpaired) electrons. The summed E-state index contributed by atoms with van der Waals surface area (Å²) < 4.78 is 3.07. The van der Waals surface area contributed by atoms with Gasteiger partial charge in [-0.3, -0.25) is 9.59 Å². The van der Waals surface area contributed by atoms with Crippen molar-refractivity contribution in [2.45, 2.75) is 39.8 Å². The lowest BCUT2D eigenvalue weighted by Gasteiger charge is -2.15. The number of rotatable bonds is 4. The molecule has 7 nitrogen and oxygen atoms in total. The fraction of sp³-hybridized carbons (Fsp3) is 0.333. The highest BCUT2D eigenvalue weighted by atomic mass is 16.2. The number of fused-ring (bicyclic) bond motifs is 1. The average molecular weight is 339 g/mol. The Balaban J connectivity index is 2.11. The van der Waals surface area contributed by atoms with Gasteiger partial charge in [-0.25, -0.2) is 9.36 Å². The predicted octanol–water partition coefficient (Wildman–Crippen LogP) is 3.01. The Morgan fingerprint density at radius 3 is 2.28 bits per heavy atom. The second kappa shape index (κ2) is 6.51. The minimum absolute atomic E-state index is 0.111. The molecule has 1 N–H and O–H groups in total. The van der Waals surface area contributed by atoms with E-state index >= 15 is 0 Å². The van der Waals surface area contributed by atoms with E-state index in [9.17, 15) is 9.59 Å². The van der Waals surface area contributed by atoms with E-state index in [1.807, 2.05) is 27.7 Å². The highest BCUT2D eigenvalue weighted by molar-refractivity contribution is 6.10. The van der Waals surface area contributed by atoms with Crippen LogP contribution >= 0.6 is 0 Å². The minimum Gasteiger partial charge on any atom is -0.305 e. The third-order valence-corrected chi connectivity index (χ3v) is 3.93. The van der Waals surface area contributed by atoms with Crippen LogP contribution in [0.2, 0.25) is 0 Å². The van der Waals surface area contributed by atoms with Gasteiger partial charge in [0.15, 0.2) is 5.69 Å². The first-order chi connectivity index (χ1) is 11.9. The Morgan fingerprint density at radius 2 is 1.64 bits per heavy atom. The molecule has 2 aromatic heterocycles. The van der Waals surface area contributed by atoms with Crippen molar-refractivity contribution < 1.29 is 4.79 Å². The van der Waals surface area contributed by atoms with Crippen molar-refractivity contribution in [1.29, 1.82) is 0 Å². The van der Waals surface area contributed by atoms with Crippen LogP contribution in [-0.2, 0) is 0 Å². The van der Waals surface area contributed by atoms with Crippen molar-refractivity contribution in [2.24, 2.45) is 0 Å². The zero-order valence-corrected chi connectivity index (χ0v) is 14.7. The van der Waals surface area contributed by atoms with Crippen molar-refractivity contribution in [2.75, 3.05) is 5.32 Å². The van der Waals surface area contributed by atoms with E-state index in [2.05, 4.69) is 15.5 Å². The molecule has 7 heteroatoms. The minimum atomic E-state index is -0.368.